The van der Waals surface area contributed by atoms with E-state index in [-0.39, 0.29) is 22.8 Å². The standard InChI is InChI=1S/C21H24N4O2/c26-19-15-6-11-25(20(27)16-12-21(16)7-9-22-10-8-21)13-17(15)23-18(24-19)14-4-2-1-3-5-14/h1-5,16,22H,6-13H2,(H,23,24,26)/t16-/m0/s1. The Morgan fingerprint density at radius 3 is 2.74 bits per heavy atom. The van der Waals surface area contributed by atoms with Crippen LogP contribution in [0.5, 0.6) is 0 Å². The van der Waals surface area contributed by atoms with Gasteiger partial charge in [0.25, 0.3) is 5.56 Å². The summed E-state index contributed by atoms with van der Waals surface area (Å²) in [6.45, 7) is 3.10. The molecule has 3 aliphatic rings. The monoisotopic (exact) mass is 364 g/mol. The molecule has 1 saturated heterocycles. The molecule has 6 heteroatoms. The minimum absolute atomic E-state index is 0.0767. The first-order valence-corrected chi connectivity index (χ1v) is 9.83. The van der Waals surface area contributed by atoms with E-state index in [4.69, 9.17) is 4.98 Å². The van der Waals surface area contributed by atoms with Crippen molar-refractivity contribution in [1.82, 2.24) is 20.2 Å². The van der Waals surface area contributed by atoms with E-state index >= 15 is 0 Å². The highest BCUT2D eigenvalue weighted by molar-refractivity contribution is 5.83. The maximum absolute atomic E-state index is 13.1. The maximum atomic E-state index is 13.1. The SMILES string of the molecule is O=C([C@@H]1CC12CCNCC2)N1CCc2c(nc(-c3ccccc3)[nH]c2=O)C1. The molecule has 0 unspecified atom stereocenters. The predicted octanol–water partition coefficient (Wildman–Crippen LogP) is 1.71. The molecule has 2 aromatic rings. The van der Waals surface area contributed by atoms with Gasteiger partial charge in [-0.25, -0.2) is 4.98 Å². The Morgan fingerprint density at radius 1 is 1.19 bits per heavy atom. The summed E-state index contributed by atoms with van der Waals surface area (Å²) < 4.78 is 0. The molecule has 0 radical (unpaired) electrons. The quantitative estimate of drug-likeness (QED) is 0.850. The minimum atomic E-state index is -0.0767. The average Bonchev–Trinajstić information content (AvgIpc) is 3.40. The highest BCUT2D eigenvalue weighted by atomic mass is 16.2. The van der Waals surface area contributed by atoms with Crippen LogP contribution in [0.25, 0.3) is 11.4 Å². The Hall–Kier alpha value is -2.47. The molecule has 1 atom stereocenters. The Balaban J connectivity index is 1.38. The molecule has 1 amide bonds. The van der Waals surface area contributed by atoms with Crippen LogP contribution in [0, 0.1) is 11.3 Å². The van der Waals surface area contributed by atoms with Crippen LogP contribution < -0.4 is 10.9 Å². The first-order valence-electron chi connectivity index (χ1n) is 9.83. The van der Waals surface area contributed by atoms with Crippen LogP contribution in [0.2, 0.25) is 0 Å². The Kier molecular flexibility index (Phi) is 3.90. The van der Waals surface area contributed by atoms with E-state index in [1.807, 2.05) is 35.2 Å². The first kappa shape index (κ1) is 16.7. The molecule has 140 valence electrons. The number of rotatable bonds is 2. The van der Waals surface area contributed by atoms with Gasteiger partial charge in [-0.1, -0.05) is 30.3 Å². The molecule has 1 spiro atoms. The highest BCUT2D eigenvalue weighted by Crippen LogP contribution is 2.59. The number of amides is 1. The highest BCUT2D eigenvalue weighted by Gasteiger charge is 2.58. The first-order chi connectivity index (χ1) is 13.2. The number of aromatic nitrogens is 2. The molecule has 2 N–H and O–H groups in total. The van der Waals surface area contributed by atoms with Crippen molar-refractivity contribution in [2.75, 3.05) is 19.6 Å². The van der Waals surface area contributed by atoms with Gasteiger partial charge in [-0.05, 0) is 44.2 Å². The van der Waals surface area contributed by atoms with Crippen LogP contribution in [-0.2, 0) is 17.8 Å². The van der Waals surface area contributed by atoms with Crippen LogP contribution in [0.4, 0.5) is 0 Å². The molecule has 1 aromatic carbocycles. The zero-order chi connectivity index (χ0) is 18.4. The van der Waals surface area contributed by atoms with Gasteiger partial charge in [0, 0.05) is 23.6 Å². The Labute approximate surface area is 158 Å². The van der Waals surface area contributed by atoms with Gasteiger partial charge in [0.05, 0.1) is 12.2 Å². The van der Waals surface area contributed by atoms with E-state index in [2.05, 4.69) is 10.3 Å². The topological polar surface area (TPSA) is 78.1 Å². The van der Waals surface area contributed by atoms with E-state index in [1.165, 1.54) is 0 Å². The van der Waals surface area contributed by atoms with Crippen LogP contribution >= 0.6 is 0 Å². The van der Waals surface area contributed by atoms with Gasteiger partial charge in [-0.3, -0.25) is 9.59 Å². The number of fused-ring (bicyclic) bond motifs is 1. The third-order valence-corrected chi connectivity index (χ3v) is 6.52. The van der Waals surface area contributed by atoms with Crippen molar-refractivity contribution in [1.29, 1.82) is 0 Å². The van der Waals surface area contributed by atoms with Crippen molar-refractivity contribution in [2.45, 2.75) is 32.2 Å². The molecule has 1 saturated carbocycles. The van der Waals surface area contributed by atoms with Crippen molar-refractivity contribution in [3.05, 3.63) is 51.9 Å². The molecule has 3 heterocycles. The number of hydrogen-bond acceptors (Lipinski definition) is 4. The number of piperidine rings is 1. The largest absolute Gasteiger partial charge is 0.336 e. The van der Waals surface area contributed by atoms with Gasteiger partial charge in [0.15, 0.2) is 0 Å². The van der Waals surface area contributed by atoms with Crippen LogP contribution in [0.15, 0.2) is 35.1 Å². The minimum Gasteiger partial charge on any atom is -0.336 e. The van der Waals surface area contributed by atoms with Gasteiger partial charge >= 0.3 is 0 Å². The summed E-state index contributed by atoms with van der Waals surface area (Å²) in [6, 6.07) is 9.65. The van der Waals surface area contributed by atoms with Crippen molar-refractivity contribution in [2.24, 2.45) is 11.3 Å². The normalized spacial score (nSPS) is 23.1. The van der Waals surface area contributed by atoms with Crippen LogP contribution in [-0.4, -0.2) is 40.4 Å². The number of carbonyl (C=O) groups is 1. The lowest BCUT2D eigenvalue weighted by molar-refractivity contribution is -0.134. The average molecular weight is 364 g/mol. The fourth-order valence-corrected chi connectivity index (χ4v) is 4.75. The lowest BCUT2D eigenvalue weighted by Crippen LogP contribution is -2.41. The number of nitrogens with one attached hydrogen (secondary N) is 2. The number of H-pyrrole nitrogens is 1. The van der Waals surface area contributed by atoms with Crippen LogP contribution in [0.1, 0.15) is 30.5 Å². The number of aromatic amines is 1. The van der Waals surface area contributed by atoms with Gasteiger partial charge in [0.1, 0.15) is 5.82 Å². The lowest BCUT2D eigenvalue weighted by Gasteiger charge is -2.30. The fourth-order valence-electron chi connectivity index (χ4n) is 4.75. The van der Waals surface area contributed by atoms with E-state index < -0.39 is 0 Å². The molecule has 5 rings (SSSR count). The summed E-state index contributed by atoms with van der Waals surface area (Å²) in [5.74, 6) is 0.998. The third kappa shape index (κ3) is 2.88. The van der Waals surface area contributed by atoms with E-state index in [9.17, 15) is 9.59 Å². The molecule has 6 nitrogen and oxygen atoms in total. The van der Waals surface area contributed by atoms with Crippen molar-refractivity contribution < 1.29 is 4.79 Å². The van der Waals surface area contributed by atoms with Gasteiger partial charge in [0.2, 0.25) is 5.91 Å². The van der Waals surface area contributed by atoms with Gasteiger partial charge in [-0.15, -0.1) is 0 Å². The van der Waals surface area contributed by atoms with E-state index in [1.54, 1.807) is 0 Å². The summed E-state index contributed by atoms with van der Waals surface area (Å²) >= 11 is 0. The van der Waals surface area contributed by atoms with Gasteiger partial charge < -0.3 is 15.2 Å². The summed E-state index contributed by atoms with van der Waals surface area (Å²) in [7, 11) is 0. The molecule has 1 aliphatic carbocycles. The zero-order valence-electron chi connectivity index (χ0n) is 15.3. The van der Waals surface area contributed by atoms with Crippen LogP contribution in [0.3, 0.4) is 0 Å². The number of hydrogen-bond donors (Lipinski definition) is 2. The molecule has 27 heavy (non-hydrogen) atoms. The molecule has 0 bridgehead atoms. The molecule has 2 aliphatic heterocycles. The maximum Gasteiger partial charge on any atom is 0.254 e. The summed E-state index contributed by atoms with van der Waals surface area (Å²) in [6.07, 6.45) is 3.81. The second-order valence-electron chi connectivity index (χ2n) is 8.08. The fraction of sp³-hybridized carbons (Fsp3) is 0.476. The second-order valence-corrected chi connectivity index (χ2v) is 8.08. The smallest absolute Gasteiger partial charge is 0.254 e. The Morgan fingerprint density at radius 2 is 1.96 bits per heavy atom. The summed E-state index contributed by atoms with van der Waals surface area (Å²) in [4.78, 5) is 35.1. The number of benzene rings is 1. The number of carbonyl (C=O) groups excluding carboxylic acids is 1. The summed E-state index contributed by atoms with van der Waals surface area (Å²) in [5.41, 5.74) is 2.52. The lowest BCUT2D eigenvalue weighted by atomic mass is 9.91. The van der Waals surface area contributed by atoms with E-state index in [0.29, 0.717) is 25.3 Å². The molecule has 2 fully saturated rings. The Bertz CT molecular complexity index is 931. The molecular formula is C21H24N4O2. The van der Waals surface area contributed by atoms with Crippen molar-refractivity contribution >= 4 is 5.91 Å². The van der Waals surface area contributed by atoms with Crippen molar-refractivity contribution in [3.8, 4) is 11.4 Å². The second kappa shape index (κ2) is 6.30. The number of nitrogens with zero attached hydrogens (tertiary/aromatic N) is 2. The molecular weight excluding hydrogens is 340 g/mol. The molecule has 1 aromatic heterocycles. The third-order valence-electron chi connectivity index (χ3n) is 6.52. The van der Waals surface area contributed by atoms with Gasteiger partial charge in [-0.2, -0.15) is 0 Å². The predicted molar refractivity (Wildman–Crippen MR) is 102 cm³/mol. The van der Waals surface area contributed by atoms with E-state index in [0.717, 1.165) is 49.2 Å². The van der Waals surface area contributed by atoms with Crippen molar-refractivity contribution in [3.63, 3.8) is 0 Å². The summed E-state index contributed by atoms with van der Waals surface area (Å²) in [5, 5.41) is 3.39. The zero-order valence-corrected chi connectivity index (χ0v) is 15.3.